The molecule has 1 aromatic rings. The van der Waals surface area contributed by atoms with Crippen LogP contribution < -0.4 is 0 Å². The lowest BCUT2D eigenvalue weighted by atomic mass is 9.56. The second kappa shape index (κ2) is 6.07. The molecular weight excluding hydrogens is 246 g/mol. The average molecular weight is 273 g/mol. The highest BCUT2D eigenvalue weighted by molar-refractivity contribution is 5.85. The van der Waals surface area contributed by atoms with E-state index in [0.717, 1.165) is 25.0 Å². The Morgan fingerprint density at radius 1 is 1.20 bits per heavy atom. The molecule has 2 rings (SSSR count). The molecule has 0 amide bonds. The van der Waals surface area contributed by atoms with E-state index in [1.165, 1.54) is 19.3 Å². The van der Waals surface area contributed by atoms with Crippen molar-refractivity contribution in [3.05, 3.63) is 30.1 Å². The molecule has 20 heavy (non-hydrogen) atoms. The van der Waals surface area contributed by atoms with E-state index in [9.17, 15) is 4.79 Å². The van der Waals surface area contributed by atoms with Gasteiger partial charge in [-0.3, -0.25) is 9.78 Å². The van der Waals surface area contributed by atoms with Crippen molar-refractivity contribution in [2.75, 3.05) is 0 Å². The van der Waals surface area contributed by atoms with Gasteiger partial charge in [-0.15, -0.1) is 0 Å². The van der Waals surface area contributed by atoms with E-state index in [-0.39, 0.29) is 10.8 Å². The fraction of sp³-hybridized carbons (Fsp3) is 0.667. The van der Waals surface area contributed by atoms with Gasteiger partial charge in [0.05, 0.1) is 0 Å². The zero-order valence-corrected chi connectivity index (χ0v) is 13.1. The molecule has 0 unspecified atom stereocenters. The maximum Gasteiger partial charge on any atom is 0.139 e. The summed E-state index contributed by atoms with van der Waals surface area (Å²) in [5.74, 6) is 0.454. The van der Waals surface area contributed by atoms with Gasteiger partial charge in [-0.1, -0.05) is 46.1 Å². The molecule has 0 bridgehead atoms. The van der Waals surface area contributed by atoms with Gasteiger partial charge in [0.15, 0.2) is 0 Å². The van der Waals surface area contributed by atoms with Crippen molar-refractivity contribution in [3.8, 4) is 0 Å². The van der Waals surface area contributed by atoms with Crippen molar-refractivity contribution in [3.63, 3.8) is 0 Å². The number of ketones is 1. The number of pyridine rings is 1. The van der Waals surface area contributed by atoms with Crippen LogP contribution in [0.25, 0.3) is 0 Å². The van der Waals surface area contributed by atoms with E-state index in [1.54, 1.807) is 6.20 Å². The molecule has 1 aliphatic rings. The number of carbonyl (C=O) groups is 1. The van der Waals surface area contributed by atoms with Gasteiger partial charge in [0.2, 0.25) is 0 Å². The van der Waals surface area contributed by atoms with Crippen LogP contribution in [0, 0.1) is 10.8 Å². The fourth-order valence-corrected chi connectivity index (χ4v) is 3.63. The number of Topliss-reactive ketones (excluding diaryl/α,β-unsaturated/α-hetero) is 1. The fourth-order valence-electron chi connectivity index (χ4n) is 3.63. The number of carbonyl (C=O) groups excluding carboxylic acids is 1. The Labute approximate surface area is 123 Å². The van der Waals surface area contributed by atoms with Crippen molar-refractivity contribution in [2.24, 2.45) is 10.8 Å². The minimum absolute atomic E-state index is 0.0641. The van der Waals surface area contributed by atoms with Gasteiger partial charge in [-0.2, -0.15) is 0 Å². The molecular formula is C18H27NO. The first kappa shape index (κ1) is 15.2. The lowest BCUT2D eigenvalue weighted by Gasteiger charge is -2.46. The SMILES string of the molecule is CC(C)(C)C1(C(=O)CCc2ccccn2)CCCCC1. The molecule has 0 saturated heterocycles. The van der Waals surface area contributed by atoms with Gasteiger partial charge >= 0.3 is 0 Å². The van der Waals surface area contributed by atoms with E-state index in [4.69, 9.17) is 0 Å². The summed E-state index contributed by atoms with van der Waals surface area (Å²) in [7, 11) is 0. The zero-order chi connectivity index (χ0) is 14.6. The number of nitrogens with zero attached hydrogens (tertiary/aromatic N) is 1. The molecule has 1 saturated carbocycles. The van der Waals surface area contributed by atoms with E-state index in [0.29, 0.717) is 12.2 Å². The summed E-state index contributed by atoms with van der Waals surface area (Å²) < 4.78 is 0. The van der Waals surface area contributed by atoms with E-state index < -0.39 is 0 Å². The van der Waals surface area contributed by atoms with Crippen molar-refractivity contribution < 1.29 is 4.79 Å². The molecule has 1 aromatic heterocycles. The van der Waals surface area contributed by atoms with Crippen LogP contribution >= 0.6 is 0 Å². The van der Waals surface area contributed by atoms with Gasteiger partial charge in [0.1, 0.15) is 5.78 Å². The van der Waals surface area contributed by atoms with Gasteiger partial charge in [0.25, 0.3) is 0 Å². The predicted molar refractivity (Wildman–Crippen MR) is 82.5 cm³/mol. The summed E-state index contributed by atoms with van der Waals surface area (Å²) in [6, 6.07) is 5.92. The van der Waals surface area contributed by atoms with Crippen LogP contribution in [-0.4, -0.2) is 10.8 Å². The van der Waals surface area contributed by atoms with Gasteiger partial charge < -0.3 is 0 Å². The Morgan fingerprint density at radius 2 is 1.90 bits per heavy atom. The summed E-state index contributed by atoms with van der Waals surface area (Å²) in [6.45, 7) is 6.70. The Bertz CT molecular complexity index is 438. The third-order valence-corrected chi connectivity index (χ3v) is 5.01. The Kier molecular flexibility index (Phi) is 4.62. The maximum absolute atomic E-state index is 12.9. The molecule has 0 atom stereocenters. The third-order valence-electron chi connectivity index (χ3n) is 5.01. The first-order valence-electron chi connectivity index (χ1n) is 7.89. The minimum atomic E-state index is -0.111. The molecule has 1 fully saturated rings. The summed E-state index contributed by atoms with van der Waals surface area (Å²) >= 11 is 0. The molecule has 1 heterocycles. The van der Waals surface area contributed by atoms with Gasteiger partial charge in [-0.05, 0) is 36.8 Å². The molecule has 1 aliphatic carbocycles. The van der Waals surface area contributed by atoms with Crippen LogP contribution in [-0.2, 0) is 11.2 Å². The minimum Gasteiger partial charge on any atom is -0.299 e. The van der Waals surface area contributed by atoms with Crippen LogP contribution in [0.1, 0.15) is 65.0 Å². The number of aromatic nitrogens is 1. The number of hydrogen-bond donors (Lipinski definition) is 0. The average Bonchev–Trinajstić information content (AvgIpc) is 2.45. The highest BCUT2D eigenvalue weighted by atomic mass is 16.1. The Hall–Kier alpha value is -1.18. The van der Waals surface area contributed by atoms with Crippen LogP contribution in [0.15, 0.2) is 24.4 Å². The topological polar surface area (TPSA) is 30.0 Å². The van der Waals surface area contributed by atoms with Crippen molar-refractivity contribution in [1.29, 1.82) is 0 Å². The molecule has 0 spiro atoms. The van der Waals surface area contributed by atoms with Crippen LogP contribution in [0.3, 0.4) is 0 Å². The van der Waals surface area contributed by atoms with Crippen molar-refractivity contribution in [1.82, 2.24) is 4.98 Å². The normalized spacial score (nSPS) is 18.8. The lowest BCUT2D eigenvalue weighted by molar-refractivity contribution is -0.138. The molecule has 0 aromatic carbocycles. The predicted octanol–water partition coefficient (Wildman–Crippen LogP) is 4.58. The van der Waals surface area contributed by atoms with Crippen LogP contribution in [0.4, 0.5) is 0 Å². The van der Waals surface area contributed by atoms with Crippen molar-refractivity contribution in [2.45, 2.75) is 65.7 Å². The molecule has 2 nitrogen and oxygen atoms in total. The number of hydrogen-bond acceptors (Lipinski definition) is 2. The van der Waals surface area contributed by atoms with Gasteiger partial charge in [-0.25, -0.2) is 0 Å². The van der Waals surface area contributed by atoms with Crippen LogP contribution in [0.2, 0.25) is 0 Å². The van der Waals surface area contributed by atoms with E-state index in [2.05, 4.69) is 25.8 Å². The highest BCUT2D eigenvalue weighted by Gasteiger charge is 2.47. The molecule has 0 N–H and O–H groups in total. The monoisotopic (exact) mass is 273 g/mol. The first-order chi connectivity index (χ1) is 9.46. The maximum atomic E-state index is 12.9. The third kappa shape index (κ3) is 3.11. The van der Waals surface area contributed by atoms with E-state index in [1.807, 2.05) is 18.2 Å². The summed E-state index contributed by atoms with van der Waals surface area (Å²) in [5.41, 5.74) is 0.981. The lowest BCUT2D eigenvalue weighted by Crippen LogP contribution is -2.44. The first-order valence-corrected chi connectivity index (χ1v) is 7.89. The molecule has 2 heteroatoms. The zero-order valence-electron chi connectivity index (χ0n) is 13.1. The van der Waals surface area contributed by atoms with E-state index >= 15 is 0 Å². The second-order valence-corrected chi connectivity index (χ2v) is 7.14. The number of aryl methyl sites for hydroxylation is 1. The Morgan fingerprint density at radius 3 is 2.45 bits per heavy atom. The Balaban J connectivity index is 2.08. The van der Waals surface area contributed by atoms with Gasteiger partial charge in [0, 0.05) is 23.7 Å². The molecule has 0 radical (unpaired) electrons. The summed E-state index contributed by atoms with van der Waals surface area (Å²) in [5, 5.41) is 0. The highest BCUT2D eigenvalue weighted by Crippen LogP contribution is 2.50. The standard InChI is InChI=1S/C18H27NO/c1-17(2,3)18(12-6-4-7-13-18)16(20)11-10-15-9-5-8-14-19-15/h5,8-9,14H,4,6-7,10-13H2,1-3H3. The van der Waals surface area contributed by atoms with Crippen molar-refractivity contribution >= 4 is 5.78 Å². The second-order valence-electron chi connectivity index (χ2n) is 7.14. The summed E-state index contributed by atoms with van der Waals surface area (Å²) in [4.78, 5) is 17.2. The molecule has 0 aliphatic heterocycles. The smallest absolute Gasteiger partial charge is 0.139 e. The van der Waals surface area contributed by atoms with Crippen LogP contribution in [0.5, 0.6) is 0 Å². The largest absolute Gasteiger partial charge is 0.299 e. The molecule has 110 valence electrons. The summed E-state index contributed by atoms with van der Waals surface area (Å²) in [6.07, 6.45) is 9.03. The number of rotatable bonds is 4. The quantitative estimate of drug-likeness (QED) is 0.803.